The summed E-state index contributed by atoms with van der Waals surface area (Å²) in [6, 6.07) is 0. The molecule has 0 spiro atoms. The van der Waals surface area contributed by atoms with Crippen LogP contribution in [0.3, 0.4) is 0 Å². The topological polar surface area (TPSA) is 80.1 Å². The molecular weight excluding hydrogens is 254 g/mol. The molecule has 2 fully saturated rings. The quantitative estimate of drug-likeness (QED) is 0.878. The van der Waals surface area contributed by atoms with E-state index in [2.05, 4.69) is 27.0 Å². The minimum Gasteiger partial charge on any atom is -0.370 e. The van der Waals surface area contributed by atoms with E-state index < -0.39 is 0 Å². The van der Waals surface area contributed by atoms with Gasteiger partial charge in [-0.05, 0) is 44.1 Å². The normalized spacial score (nSPS) is 31.5. The lowest BCUT2D eigenvalue weighted by Crippen LogP contribution is -2.46. The van der Waals surface area contributed by atoms with Crippen LogP contribution in [0.25, 0.3) is 0 Å². The summed E-state index contributed by atoms with van der Waals surface area (Å²) in [4.78, 5) is 6.90. The van der Waals surface area contributed by atoms with Gasteiger partial charge in [-0.1, -0.05) is 6.92 Å². The van der Waals surface area contributed by atoms with Gasteiger partial charge in [0, 0.05) is 19.7 Å². The van der Waals surface area contributed by atoms with Crippen molar-refractivity contribution in [2.75, 3.05) is 31.1 Å². The highest BCUT2D eigenvalue weighted by molar-refractivity contribution is 5.30. The molecule has 0 aromatic carbocycles. The molecule has 3 rings (SSSR count). The van der Waals surface area contributed by atoms with Crippen molar-refractivity contribution in [2.24, 2.45) is 11.1 Å². The molecule has 2 aliphatic rings. The first kappa shape index (κ1) is 13.8. The number of aromatic nitrogens is 3. The van der Waals surface area contributed by atoms with Gasteiger partial charge < -0.3 is 15.4 Å². The number of H-pyrrole nitrogens is 1. The fourth-order valence-electron chi connectivity index (χ4n) is 3.16. The van der Waals surface area contributed by atoms with Crippen LogP contribution in [-0.2, 0) is 4.74 Å². The largest absolute Gasteiger partial charge is 0.370 e. The zero-order chi connectivity index (χ0) is 14.0. The summed E-state index contributed by atoms with van der Waals surface area (Å²) in [6.07, 6.45) is 5.82. The van der Waals surface area contributed by atoms with Gasteiger partial charge in [0.2, 0.25) is 5.95 Å². The molecule has 3 N–H and O–H groups in total. The Kier molecular flexibility index (Phi) is 3.94. The number of aromatic amines is 1. The number of hydrogen-bond acceptors (Lipinski definition) is 5. The van der Waals surface area contributed by atoms with Crippen molar-refractivity contribution >= 4 is 5.95 Å². The monoisotopic (exact) mass is 279 g/mol. The van der Waals surface area contributed by atoms with Gasteiger partial charge in [-0.15, -0.1) is 5.10 Å². The van der Waals surface area contributed by atoms with E-state index in [0.29, 0.717) is 6.54 Å². The van der Waals surface area contributed by atoms with Crippen molar-refractivity contribution in [1.29, 1.82) is 0 Å². The molecule has 2 unspecified atom stereocenters. The molecule has 6 heteroatoms. The molecule has 0 bridgehead atoms. The van der Waals surface area contributed by atoms with Crippen molar-refractivity contribution in [1.82, 2.24) is 15.2 Å². The second-order valence-corrected chi connectivity index (χ2v) is 6.42. The molecule has 3 heterocycles. The van der Waals surface area contributed by atoms with E-state index in [9.17, 15) is 0 Å². The molecule has 2 aliphatic heterocycles. The van der Waals surface area contributed by atoms with Crippen molar-refractivity contribution in [3.05, 3.63) is 5.82 Å². The summed E-state index contributed by atoms with van der Waals surface area (Å²) in [5.74, 6) is 1.67. The first-order valence-corrected chi connectivity index (χ1v) is 7.69. The van der Waals surface area contributed by atoms with E-state index in [1.807, 2.05) is 0 Å². The average Bonchev–Trinajstić information content (AvgIpc) is 2.98. The molecule has 1 aromatic heterocycles. The Hall–Kier alpha value is -1.14. The highest BCUT2D eigenvalue weighted by atomic mass is 16.5. The number of hydrogen-bond donors (Lipinski definition) is 2. The maximum absolute atomic E-state index is 5.90. The summed E-state index contributed by atoms with van der Waals surface area (Å²) < 4.78 is 5.75. The number of nitrogens with zero attached hydrogens (tertiary/aromatic N) is 3. The summed E-state index contributed by atoms with van der Waals surface area (Å²) in [5.41, 5.74) is 6.09. The summed E-state index contributed by atoms with van der Waals surface area (Å²) in [7, 11) is 0. The standard InChI is InChI=1S/C14H25N5O/c1-14(9-15)6-4-7-19(10-14)13-16-12(17-18-13)11-5-2-3-8-20-11/h11H,2-10,15H2,1H3,(H,16,17,18). The third-order valence-electron chi connectivity index (χ3n) is 4.53. The van der Waals surface area contributed by atoms with Crippen LogP contribution >= 0.6 is 0 Å². The van der Waals surface area contributed by atoms with Crippen molar-refractivity contribution < 1.29 is 4.74 Å². The highest BCUT2D eigenvalue weighted by Crippen LogP contribution is 2.31. The van der Waals surface area contributed by atoms with Crippen LogP contribution in [0.1, 0.15) is 51.0 Å². The Morgan fingerprint density at radius 2 is 2.35 bits per heavy atom. The van der Waals surface area contributed by atoms with E-state index in [-0.39, 0.29) is 11.5 Å². The van der Waals surface area contributed by atoms with Gasteiger partial charge in [0.1, 0.15) is 6.10 Å². The van der Waals surface area contributed by atoms with Gasteiger partial charge in [-0.25, -0.2) is 0 Å². The molecular formula is C14H25N5O. The maximum Gasteiger partial charge on any atom is 0.244 e. The predicted octanol–water partition coefficient (Wildman–Crippen LogP) is 1.61. The molecule has 20 heavy (non-hydrogen) atoms. The van der Waals surface area contributed by atoms with Crippen LogP contribution in [-0.4, -0.2) is 41.4 Å². The van der Waals surface area contributed by atoms with Gasteiger partial charge in [0.05, 0.1) is 0 Å². The molecule has 6 nitrogen and oxygen atoms in total. The summed E-state index contributed by atoms with van der Waals surface area (Å²) in [6.45, 7) is 5.74. The smallest absolute Gasteiger partial charge is 0.244 e. The SMILES string of the molecule is CC1(CN)CCCN(c2n[nH]c(C3CCCCO3)n2)C1. The number of rotatable bonds is 3. The van der Waals surface area contributed by atoms with Crippen LogP contribution in [0.5, 0.6) is 0 Å². The molecule has 112 valence electrons. The predicted molar refractivity (Wildman–Crippen MR) is 77.5 cm³/mol. The van der Waals surface area contributed by atoms with Crippen LogP contribution in [0.4, 0.5) is 5.95 Å². The lowest BCUT2D eigenvalue weighted by atomic mass is 9.82. The average molecular weight is 279 g/mol. The first-order valence-electron chi connectivity index (χ1n) is 7.69. The summed E-state index contributed by atoms with van der Waals surface area (Å²) >= 11 is 0. The van der Waals surface area contributed by atoms with Crippen molar-refractivity contribution in [3.63, 3.8) is 0 Å². The van der Waals surface area contributed by atoms with Gasteiger partial charge in [-0.2, -0.15) is 4.98 Å². The van der Waals surface area contributed by atoms with Gasteiger partial charge in [0.25, 0.3) is 0 Å². The minimum atomic E-state index is 0.0932. The van der Waals surface area contributed by atoms with E-state index >= 15 is 0 Å². The fraction of sp³-hybridized carbons (Fsp3) is 0.857. The molecule has 1 aromatic rings. The van der Waals surface area contributed by atoms with E-state index in [4.69, 9.17) is 10.5 Å². The zero-order valence-electron chi connectivity index (χ0n) is 12.3. The number of anilines is 1. The number of nitrogens with one attached hydrogen (secondary N) is 1. The van der Waals surface area contributed by atoms with Crippen LogP contribution in [0.2, 0.25) is 0 Å². The number of nitrogens with two attached hydrogens (primary N) is 1. The molecule has 0 amide bonds. The Bertz CT molecular complexity index is 443. The van der Waals surface area contributed by atoms with Crippen LogP contribution < -0.4 is 10.6 Å². The fourth-order valence-corrected chi connectivity index (χ4v) is 3.16. The number of ether oxygens (including phenoxy) is 1. The minimum absolute atomic E-state index is 0.0932. The Morgan fingerprint density at radius 3 is 3.10 bits per heavy atom. The molecule has 0 saturated carbocycles. The number of piperidine rings is 1. The molecule has 0 aliphatic carbocycles. The molecule has 0 radical (unpaired) electrons. The van der Waals surface area contributed by atoms with Crippen molar-refractivity contribution in [3.8, 4) is 0 Å². The maximum atomic E-state index is 5.90. The van der Waals surface area contributed by atoms with Gasteiger partial charge in [0.15, 0.2) is 5.82 Å². The van der Waals surface area contributed by atoms with Gasteiger partial charge >= 0.3 is 0 Å². The molecule has 2 saturated heterocycles. The van der Waals surface area contributed by atoms with E-state index in [0.717, 1.165) is 50.7 Å². The third kappa shape index (κ3) is 2.81. The lowest BCUT2D eigenvalue weighted by Gasteiger charge is -2.39. The molecule has 2 atom stereocenters. The van der Waals surface area contributed by atoms with Gasteiger partial charge in [-0.3, -0.25) is 5.10 Å². The summed E-state index contributed by atoms with van der Waals surface area (Å²) in [5, 5.41) is 7.44. The second kappa shape index (κ2) is 5.69. The Labute approximate surface area is 120 Å². The zero-order valence-corrected chi connectivity index (χ0v) is 12.3. The lowest BCUT2D eigenvalue weighted by molar-refractivity contribution is 0.00968. The van der Waals surface area contributed by atoms with Crippen LogP contribution in [0, 0.1) is 5.41 Å². The van der Waals surface area contributed by atoms with E-state index in [1.54, 1.807) is 0 Å². The Morgan fingerprint density at radius 1 is 1.45 bits per heavy atom. The van der Waals surface area contributed by atoms with E-state index in [1.165, 1.54) is 12.8 Å². The van der Waals surface area contributed by atoms with Crippen LogP contribution in [0.15, 0.2) is 0 Å². The van der Waals surface area contributed by atoms with Crippen molar-refractivity contribution in [2.45, 2.75) is 45.1 Å². The first-order chi connectivity index (χ1) is 9.70. The Balaban J connectivity index is 1.69. The second-order valence-electron chi connectivity index (χ2n) is 6.42. The third-order valence-corrected chi connectivity index (χ3v) is 4.53. The highest BCUT2D eigenvalue weighted by Gasteiger charge is 2.31.